The zero-order valence-corrected chi connectivity index (χ0v) is 11.9. The molecule has 3 rings (SSSR count). The molecular formula is C15H18N4O2. The van der Waals surface area contributed by atoms with Gasteiger partial charge in [-0.3, -0.25) is 0 Å². The Bertz CT molecular complexity index is 630. The predicted molar refractivity (Wildman–Crippen MR) is 75.8 cm³/mol. The minimum Gasteiger partial charge on any atom is -0.479 e. The van der Waals surface area contributed by atoms with Gasteiger partial charge < -0.3 is 5.11 Å². The molecule has 21 heavy (non-hydrogen) atoms. The summed E-state index contributed by atoms with van der Waals surface area (Å²) in [5.41, 5.74) is 0.281. The second-order valence-electron chi connectivity index (χ2n) is 5.66. The lowest BCUT2D eigenvalue weighted by Gasteiger charge is -2.36. The van der Waals surface area contributed by atoms with Crippen LogP contribution in [0.4, 0.5) is 0 Å². The van der Waals surface area contributed by atoms with Crippen LogP contribution in [0.2, 0.25) is 0 Å². The van der Waals surface area contributed by atoms with E-state index >= 15 is 0 Å². The quantitative estimate of drug-likeness (QED) is 0.934. The van der Waals surface area contributed by atoms with Crippen LogP contribution in [0.25, 0.3) is 0 Å². The van der Waals surface area contributed by atoms with Gasteiger partial charge in [-0.2, -0.15) is 0 Å². The number of carboxylic acid groups (broad SMARTS) is 1. The van der Waals surface area contributed by atoms with E-state index in [2.05, 4.69) is 27.7 Å². The Morgan fingerprint density at radius 3 is 2.48 bits per heavy atom. The number of rotatable bonds is 3. The van der Waals surface area contributed by atoms with E-state index < -0.39 is 11.5 Å². The Labute approximate surface area is 122 Å². The average Bonchev–Trinajstić information content (AvgIpc) is 2.95. The van der Waals surface area contributed by atoms with Gasteiger partial charge in [0, 0.05) is 0 Å². The number of aryl methyl sites for hydroxylation is 1. The van der Waals surface area contributed by atoms with E-state index in [4.69, 9.17) is 0 Å². The summed E-state index contributed by atoms with van der Waals surface area (Å²) < 4.78 is 1.48. The van der Waals surface area contributed by atoms with Crippen molar-refractivity contribution < 1.29 is 9.90 Å². The van der Waals surface area contributed by atoms with E-state index in [1.165, 1.54) is 10.2 Å². The summed E-state index contributed by atoms with van der Waals surface area (Å²) in [5.74, 6) is 0.121. The molecule has 1 aromatic heterocycles. The minimum absolute atomic E-state index is 0.412. The highest BCUT2D eigenvalue weighted by atomic mass is 16.4. The molecule has 0 spiro atoms. The maximum Gasteiger partial charge on any atom is 0.331 e. The van der Waals surface area contributed by atoms with E-state index in [9.17, 15) is 9.90 Å². The highest BCUT2D eigenvalue weighted by Gasteiger charge is 2.46. The SMILES string of the molecule is Cc1nnnn1C1(C(=O)O)CCC(c2ccccc2)CC1. The van der Waals surface area contributed by atoms with Gasteiger partial charge in [-0.05, 0) is 54.5 Å². The summed E-state index contributed by atoms with van der Waals surface area (Å²) in [5, 5.41) is 21.1. The highest BCUT2D eigenvalue weighted by molar-refractivity contribution is 5.76. The van der Waals surface area contributed by atoms with Crippen molar-refractivity contribution in [3.63, 3.8) is 0 Å². The second kappa shape index (κ2) is 5.27. The largest absolute Gasteiger partial charge is 0.479 e. The monoisotopic (exact) mass is 286 g/mol. The molecule has 1 aliphatic carbocycles. The number of benzene rings is 1. The molecule has 0 radical (unpaired) electrons. The maximum absolute atomic E-state index is 11.9. The zero-order valence-electron chi connectivity index (χ0n) is 11.9. The molecule has 1 aliphatic rings. The third-order valence-electron chi connectivity index (χ3n) is 4.51. The summed E-state index contributed by atoms with van der Waals surface area (Å²) in [6.45, 7) is 1.74. The van der Waals surface area contributed by atoms with Crippen molar-refractivity contribution in [2.45, 2.75) is 44.1 Å². The molecule has 0 aliphatic heterocycles. The van der Waals surface area contributed by atoms with Gasteiger partial charge in [0.25, 0.3) is 0 Å². The Balaban J connectivity index is 1.85. The Hall–Kier alpha value is -2.24. The van der Waals surface area contributed by atoms with Gasteiger partial charge in [0.1, 0.15) is 5.82 Å². The number of aliphatic carboxylic acids is 1. The third kappa shape index (κ3) is 2.30. The van der Waals surface area contributed by atoms with E-state index in [0.29, 0.717) is 24.6 Å². The van der Waals surface area contributed by atoms with Crippen molar-refractivity contribution in [3.05, 3.63) is 41.7 Å². The molecule has 1 N–H and O–H groups in total. The van der Waals surface area contributed by atoms with Crippen LogP contribution in [0.5, 0.6) is 0 Å². The molecule has 0 saturated heterocycles. The molecule has 1 aromatic carbocycles. The fraction of sp³-hybridized carbons (Fsp3) is 0.467. The highest BCUT2D eigenvalue weighted by Crippen LogP contribution is 2.42. The van der Waals surface area contributed by atoms with Crippen molar-refractivity contribution in [1.29, 1.82) is 0 Å². The fourth-order valence-corrected chi connectivity index (χ4v) is 3.30. The molecule has 1 heterocycles. The summed E-state index contributed by atoms with van der Waals surface area (Å²) in [7, 11) is 0. The fourth-order valence-electron chi connectivity index (χ4n) is 3.30. The van der Waals surface area contributed by atoms with E-state index in [1.807, 2.05) is 18.2 Å². The Morgan fingerprint density at radius 1 is 1.29 bits per heavy atom. The molecule has 0 amide bonds. The van der Waals surface area contributed by atoms with Crippen LogP contribution in [0.15, 0.2) is 30.3 Å². The minimum atomic E-state index is -1.00. The molecule has 6 heteroatoms. The van der Waals surface area contributed by atoms with Crippen molar-refractivity contribution >= 4 is 5.97 Å². The molecule has 1 fully saturated rings. The molecular weight excluding hydrogens is 268 g/mol. The summed E-state index contributed by atoms with van der Waals surface area (Å²) >= 11 is 0. The lowest BCUT2D eigenvalue weighted by molar-refractivity contribution is -0.150. The van der Waals surface area contributed by atoms with E-state index in [1.54, 1.807) is 6.92 Å². The van der Waals surface area contributed by atoms with Crippen LogP contribution in [0.3, 0.4) is 0 Å². The van der Waals surface area contributed by atoms with Crippen LogP contribution in [-0.4, -0.2) is 31.3 Å². The first-order chi connectivity index (χ1) is 10.1. The third-order valence-corrected chi connectivity index (χ3v) is 4.51. The topological polar surface area (TPSA) is 80.9 Å². The maximum atomic E-state index is 11.9. The summed E-state index contributed by atoms with van der Waals surface area (Å²) in [6.07, 6.45) is 2.76. The lowest BCUT2D eigenvalue weighted by atomic mass is 9.74. The summed E-state index contributed by atoms with van der Waals surface area (Å²) in [4.78, 5) is 11.9. The molecule has 0 atom stereocenters. The zero-order chi connectivity index (χ0) is 14.9. The van der Waals surface area contributed by atoms with Crippen LogP contribution in [0, 0.1) is 6.92 Å². The van der Waals surface area contributed by atoms with Crippen molar-refractivity contribution in [2.75, 3.05) is 0 Å². The predicted octanol–water partition coefficient (Wildman–Crippen LogP) is 2.12. The van der Waals surface area contributed by atoms with E-state index in [0.717, 1.165) is 12.8 Å². The molecule has 1 saturated carbocycles. The number of carboxylic acids is 1. The van der Waals surface area contributed by atoms with Crippen LogP contribution in [-0.2, 0) is 10.3 Å². The molecule has 0 unspecified atom stereocenters. The van der Waals surface area contributed by atoms with Crippen molar-refractivity contribution in [2.24, 2.45) is 0 Å². The van der Waals surface area contributed by atoms with E-state index in [-0.39, 0.29) is 0 Å². The van der Waals surface area contributed by atoms with Gasteiger partial charge in [0.15, 0.2) is 5.54 Å². The number of hydrogen-bond donors (Lipinski definition) is 1. The second-order valence-corrected chi connectivity index (χ2v) is 5.66. The molecule has 0 bridgehead atoms. The lowest BCUT2D eigenvalue weighted by Crippen LogP contribution is -2.46. The average molecular weight is 286 g/mol. The van der Waals surface area contributed by atoms with Gasteiger partial charge >= 0.3 is 5.97 Å². The molecule has 2 aromatic rings. The number of hydrogen-bond acceptors (Lipinski definition) is 4. The van der Waals surface area contributed by atoms with Crippen molar-refractivity contribution in [1.82, 2.24) is 20.2 Å². The van der Waals surface area contributed by atoms with Gasteiger partial charge in [-0.25, -0.2) is 9.48 Å². The van der Waals surface area contributed by atoms with Gasteiger partial charge in [0.2, 0.25) is 0 Å². The van der Waals surface area contributed by atoms with Crippen LogP contribution in [0.1, 0.15) is 43.0 Å². The number of nitrogens with zero attached hydrogens (tertiary/aromatic N) is 4. The number of tetrazole rings is 1. The first kappa shape index (κ1) is 13.7. The number of carbonyl (C=O) groups is 1. The Kier molecular flexibility index (Phi) is 3.45. The van der Waals surface area contributed by atoms with Crippen LogP contribution < -0.4 is 0 Å². The standard InChI is InChI=1S/C15H18N4O2/c1-11-16-17-18-19(11)15(14(20)21)9-7-13(8-10-15)12-5-3-2-4-6-12/h2-6,13H,7-10H2,1H3,(H,20,21). The number of aromatic nitrogens is 4. The first-order valence-electron chi connectivity index (χ1n) is 7.17. The summed E-state index contributed by atoms with van der Waals surface area (Å²) in [6, 6.07) is 10.3. The smallest absolute Gasteiger partial charge is 0.331 e. The van der Waals surface area contributed by atoms with Gasteiger partial charge in [-0.1, -0.05) is 30.3 Å². The first-order valence-corrected chi connectivity index (χ1v) is 7.17. The van der Waals surface area contributed by atoms with Gasteiger partial charge in [-0.15, -0.1) is 5.10 Å². The van der Waals surface area contributed by atoms with Crippen molar-refractivity contribution in [3.8, 4) is 0 Å². The molecule has 110 valence electrons. The Morgan fingerprint density at radius 2 is 1.95 bits per heavy atom. The van der Waals surface area contributed by atoms with Gasteiger partial charge in [0.05, 0.1) is 0 Å². The molecule has 6 nitrogen and oxygen atoms in total. The normalized spacial score (nSPS) is 25.7. The van der Waals surface area contributed by atoms with Crippen LogP contribution >= 0.6 is 0 Å².